The van der Waals surface area contributed by atoms with Gasteiger partial charge in [0.2, 0.25) is 0 Å². The topological polar surface area (TPSA) is 45.2 Å². The summed E-state index contributed by atoms with van der Waals surface area (Å²) in [6.45, 7) is 4.40. The maximum atomic E-state index is 10.8. The number of hydrogen-bond donors (Lipinski definition) is 2. The van der Waals surface area contributed by atoms with Crippen LogP contribution in [0.15, 0.2) is 60.8 Å². The number of fused-ring (bicyclic) bond motifs is 1. The van der Waals surface area contributed by atoms with Crippen LogP contribution < -0.4 is 5.32 Å². The van der Waals surface area contributed by atoms with E-state index in [-0.39, 0.29) is 11.8 Å². The molecule has 0 saturated carbocycles. The quantitative estimate of drug-likeness (QED) is 0.627. The van der Waals surface area contributed by atoms with Crippen molar-refractivity contribution in [1.29, 1.82) is 0 Å². The predicted molar refractivity (Wildman–Crippen MR) is 100 cm³/mol. The minimum Gasteiger partial charge on any atom is -0.505 e. The molecule has 1 atom stereocenters. The third-order valence-electron chi connectivity index (χ3n) is 4.73. The standard InChI is InChI=1S/C21H24N2O/c1-3-15(4-2)19(23-17-10-6-5-7-11-17)18-13-12-16-9-8-14-22-20(16)21(18)24/h5-15,19,23-24H,3-4H2,1-2H3. The number of aromatic nitrogens is 1. The molecule has 3 heteroatoms. The SMILES string of the molecule is CCC(CC)C(Nc1ccccc1)c1ccc2cccnc2c1O. The highest BCUT2D eigenvalue weighted by molar-refractivity contribution is 5.85. The van der Waals surface area contributed by atoms with E-state index in [9.17, 15) is 5.11 Å². The minimum absolute atomic E-state index is 0.0498. The normalized spacial score (nSPS) is 12.5. The summed E-state index contributed by atoms with van der Waals surface area (Å²) in [6, 6.07) is 18.2. The fourth-order valence-corrected chi connectivity index (χ4v) is 3.32. The maximum Gasteiger partial charge on any atom is 0.147 e. The molecule has 0 fully saturated rings. The number of phenols is 1. The monoisotopic (exact) mass is 320 g/mol. The van der Waals surface area contributed by atoms with Gasteiger partial charge in [0.1, 0.15) is 11.3 Å². The Morgan fingerprint density at radius 3 is 2.42 bits per heavy atom. The van der Waals surface area contributed by atoms with Gasteiger partial charge >= 0.3 is 0 Å². The van der Waals surface area contributed by atoms with E-state index in [0.29, 0.717) is 11.4 Å². The first-order valence-corrected chi connectivity index (χ1v) is 8.62. The highest BCUT2D eigenvalue weighted by Crippen LogP contribution is 2.38. The van der Waals surface area contributed by atoms with Crippen LogP contribution in [0.5, 0.6) is 5.75 Å². The molecule has 1 unspecified atom stereocenters. The number of rotatable bonds is 6. The van der Waals surface area contributed by atoms with Crippen molar-refractivity contribution in [1.82, 2.24) is 4.98 Å². The van der Waals surface area contributed by atoms with Crippen molar-refractivity contribution in [2.24, 2.45) is 5.92 Å². The molecule has 3 nitrogen and oxygen atoms in total. The number of pyridine rings is 1. The Hall–Kier alpha value is -2.55. The molecule has 2 N–H and O–H groups in total. The molecule has 0 aliphatic carbocycles. The maximum absolute atomic E-state index is 10.8. The van der Waals surface area contributed by atoms with Crippen LogP contribution in [0.3, 0.4) is 0 Å². The second-order valence-electron chi connectivity index (χ2n) is 6.14. The van der Waals surface area contributed by atoms with Crippen LogP contribution in [-0.2, 0) is 0 Å². The fraction of sp³-hybridized carbons (Fsp3) is 0.286. The summed E-state index contributed by atoms with van der Waals surface area (Å²) >= 11 is 0. The summed E-state index contributed by atoms with van der Waals surface area (Å²) in [6.07, 6.45) is 3.81. The van der Waals surface area contributed by atoms with E-state index in [4.69, 9.17) is 0 Å². The third-order valence-corrected chi connectivity index (χ3v) is 4.73. The molecular formula is C21H24N2O. The van der Waals surface area contributed by atoms with Gasteiger partial charge in [-0.15, -0.1) is 0 Å². The summed E-state index contributed by atoms with van der Waals surface area (Å²) in [5.74, 6) is 0.714. The Labute approximate surface area is 143 Å². The molecule has 3 rings (SSSR count). The van der Waals surface area contributed by atoms with E-state index in [2.05, 4.69) is 36.3 Å². The van der Waals surface area contributed by atoms with Crippen LogP contribution in [0.4, 0.5) is 5.69 Å². The summed E-state index contributed by atoms with van der Waals surface area (Å²) in [7, 11) is 0. The lowest BCUT2D eigenvalue weighted by Gasteiger charge is -2.28. The third kappa shape index (κ3) is 3.21. The Morgan fingerprint density at radius 2 is 1.71 bits per heavy atom. The molecular weight excluding hydrogens is 296 g/mol. The van der Waals surface area contributed by atoms with E-state index >= 15 is 0 Å². The molecule has 24 heavy (non-hydrogen) atoms. The van der Waals surface area contributed by atoms with Crippen LogP contribution >= 0.6 is 0 Å². The minimum atomic E-state index is 0.0498. The van der Waals surface area contributed by atoms with Crippen LogP contribution in [0.1, 0.15) is 38.3 Å². The van der Waals surface area contributed by atoms with Crippen LogP contribution in [0.25, 0.3) is 10.9 Å². The number of nitrogens with zero attached hydrogens (tertiary/aromatic N) is 1. The highest BCUT2D eigenvalue weighted by Gasteiger charge is 2.24. The molecule has 1 heterocycles. The molecule has 0 saturated heterocycles. The number of phenolic OH excluding ortho intramolecular Hbond substituents is 1. The van der Waals surface area contributed by atoms with Crippen LogP contribution in [0.2, 0.25) is 0 Å². The summed E-state index contributed by atoms with van der Waals surface area (Å²) < 4.78 is 0. The molecule has 0 bridgehead atoms. The lowest BCUT2D eigenvalue weighted by Crippen LogP contribution is -2.20. The largest absolute Gasteiger partial charge is 0.505 e. The van der Waals surface area contributed by atoms with Crippen molar-refractivity contribution >= 4 is 16.6 Å². The molecule has 124 valence electrons. The highest BCUT2D eigenvalue weighted by atomic mass is 16.3. The lowest BCUT2D eigenvalue weighted by atomic mass is 9.87. The van der Waals surface area contributed by atoms with Gasteiger partial charge in [-0.25, -0.2) is 0 Å². The van der Waals surface area contributed by atoms with Gasteiger partial charge in [-0.3, -0.25) is 4.98 Å². The van der Waals surface area contributed by atoms with Crippen molar-refractivity contribution in [3.63, 3.8) is 0 Å². The van der Waals surface area contributed by atoms with Gasteiger partial charge in [0.25, 0.3) is 0 Å². The first-order chi connectivity index (χ1) is 11.7. The second kappa shape index (κ2) is 7.35. The molecule has 3 aromatic rings. The first-order valence-electron chi connectivity index (χ1n) is 8.62. The molecule has 2 aromatic carbocycles. The van der Waals surface area contributed by atoms with E-state index in [1.807, 2.05) is 42.5 Å². The van der Waals surface area contributed by atoms with Gasteiger partial charge in [0, 0.05) is 22.8 Å². The molecule has 0 aliphatic heterocycles. The first kappa shape index (κ1) is 16.3. The number of anilines is 1. The van der Waals surface area contributed by atoms with E-state index in [1.165, 1.54) is 0 Å². The van der Waals surface area contributed by atoms with Crippen molar-refractivity contribution in [2.45, 2.75) is 32.7 Å². The van der Waals surface area contributed by atoms with Gasteiger partial charge in [-0.1, -0.05) is 63.1 Å². The number of aromatic hydroxyl groups is 1. The predicted octanol–water partition coefficient (Wildman–Crippen LogP) is 5.53. The van der Waals surface area contributed by atoms with Gasteiger partial charge in [-0.2, -0.15) is 0 Å². The zero-order valence-corrected chi connectivity index (χ0v) is 14.2. The Bertz CT molecular complexity index is 797. The summed E-state index contributed by atoms with van der Waals surface area (Å²) in [5.41, 5.74) is 2.65. The van der Waals surface area contributed by atoms with Crippen molar-refractivity contribution in [3.8, 4) is 5.75 Å². The van der Waals surface area contributed by atoms with E-state index in [1.54, 1.807) is 6.20 Å². The molecule has 0 amide bonds. The van der Waals surface area contributed by atoms with E-state index < -0.39 is 0 Å². The molecule has 0 radical (unpaired) electrons. The number of nitrogens with one attached hydrogen (secondary N) is 1. The Morgan fingerprint density at radius 1 is 0.958 bits per heavy atom. The lowest BCUT2D eigenvalue weighted by molar-refractivity contribution is 0.406. The van der Waals surface area contributed by atoms with Crippen molar-refractivity contribution < 1.29 is 5.11 Å². The van der Waals surface area contributed by atoms with Crippen LogP contribution in [0, 0.1) is 5.92 Å². The zero-order chi connectivity index (χ0) is 16.9. The second-order valence-corrected chi connectivity index (χ2v) is 6.14. The van der Waals surface area contributed by atoms with Gasteiger partial charge in [-0.05, 0) is 24.1 Å². The molecule has 0 aliphatic rings. The average molecular weight is 320 g/mol. The van der Waals surface area contributed by atoms with E-state index in [0.717, 1.165) is 29.5 Å². The zero-order valence-electron chi connectivity index (χ0n) is 14.2. The van der Waals surface area contributed by atoms with Crippen LogP contribution in [-0.4, -0.2) is 10.1 Å². The number of para-hydroxylation sites is 1. The number of hydrogen-bond acceptors (Lipinski definition) is 3. The van der Waals surface area contributed by atoms with Gasteiger partial charge < -0.3 is 10.4 Å². The fourth-order valence-electron chi connectivity index (χ4n) is 3.32. The van der Waals surface area contributed by atoms with Gasteiger partial charge in [0.15, 0.2) is 0 Å². The van der Waals surface area contributed by atoms with Crippen molar-refractivity contribution in [3.05, 3.63) is 66.4 Å². The van der Waals surface area contributed by atoms with Crippen molar-refractivity contribution in [2.75, 3.05) is 5.32 Å². The molecule has 0 spiro atoms. The Balaban J connectivity index is 2.06. The number of benzene rings is 2. The average Bonchev–Trinajstić information content (AvgIpc) is 2.63. The summed E-state index contributed by atoms with van der Waals surface area (Å²) in [4.78, 5) is 4.36. The Kier molecular flexibility index (Phi) is 4.99. The van der Waals surface area contributed by atoms with Gasteiger partial charge in [0.05, 0.1) is 6.04 Å². The smallest absolute Gasteiger partial charge is 0.147 e. The summed E-state index contributed by atoms with van der Waals surface area (Å²) in [5, 5.41) is 15.4. The molecule has 1 aromatic heterocycles.